The summed E-state index contributed by atoms with van der Waals surface area (Å²) < 4.78 is 0. The molecule has 1 heterocycles. The van der Waals surface area contributed by atoms with Crippen molar-refractivity contribution in [2.45, 2.75) is 13.5 Å². The zero-order chi connectivity index (χ0) is 15.1. The minimum Gasteiger partial charge on any atom is -0.347 e. The van der Waals surface area contributed by atoms with Gasteiger partial charge in [-0.25, -0.2) is 0 Å². The van der Waals surface area contributed by atoms with Gasteiger partial charge in [-0.3, -0.25) is 10.4 Å². The van der Waals surface area contributed by atoms with Crippen LogP contribution in [0, 0.1) is 0 Å². The zero-order valence-corrected chi connectivity index (χ0v) is 13.0. The van der Waals surface area contributed by atoms with Gasteiger partial charge in [0.15, 0.2) is 5.11 Å². The Balaban J connectivity index is 1.92. The molecule has 0 atom stereocenters. The zero-order valence-electron chi connectivity index (χ0n) is 12.2. The maximum absolute atomic E-state index is 5.33. The molecular formula is C16H18N4S. The minimum absolute atomic E-state index is 0.578. The summed E-state index contributed by atoms with van der Waals surface area (Å²) in [6, 6.07) is 15.9. The van der Waals surface area contributed by atoms with Gasteiger partial charge in [-0.15, -0.1) is 0 Å². The number of aromatic nitrogens is 1. The van der Waals surface area contributed by atoms with Gasteiger partial charge in [0, 0.05) is 19.8 Å². The molecule has 0 aliphatic heterocycles. The van der Waals surface area contributed by atoms with Crippen molar-refractivity contribution < 1.29 is 0 Å². The number of hydrazone groups is 1. The fourth-order valence-corrected chi connectivity index (χ4v) is 1.89. The maximum Gasteiger partial charge on any atom is 0.189 e. The van der Waals surface area contributed by atoms with Crippen molar-refractivity contribution in [1.29, 1.82) is 0 Å². The van der Waals surface area contributed by atoms with E-state index >= 15 is 0 Å². The van der Waals surface area contributed by atoms with Crippen LogP contribution in [0.3, 0.4) is 0 Å². The summed E-state index contributed by atoms with van der Waals surface area (Å²) in [5, 5.41) is 4.86. The predicted octanol–water partition coefficient (Wildman–Crippen LogP) is 2.81. The molecule has 2 rings (SSSR count). The van der Waals surface area contributed by atoms with Crippen LogP contribution >= 0.6 is 12.2 Å². The van der Waals surface area contributed by atoms with Crippen LogP contribution in [0.15, 0.2) is 59.8 Å². The molecule has 0 aliphatic rings. The van der Waals surface area contributed by atoms with Crippen molar-refractivity contribution in [1.82, 2.24) is 15.3 Å². The van der Waals surface area contributed by atoms with E-state index in [1.165, 1.54) is 5.56 Å². The number of benzene rings is 1. The molecular weight excluding hydrogens is 280 g/mol. The third kappa shape index (κ3) is 4.65. The number of hydrogen-bond donors (Lipinski definition) is 1. The third-order valence-corrected chi connectivity index (χ3v) is 3.37. The smallest absolute Gasteiger partial charge is 0.189 e. The molecule has 0 fully saturated rings. The highest BCUT2D eigenvalue weighted by Crippen LogP contribution is 2.03. The first kappa shape index (κ1) is 15.1. The highest BCUT2D eigenvalue weighted by atomic mass is 32.1. The molecule has 0 spiro atoms. The van der Waals surface area contributed by atoms with Crippen LogP contribution in [0.5, 0.6) is 0 Å². The second kappa shape index (κ2) is 7.50. The number of pyridine rings is 1. The molecule has 0 amide bonds. The molecule has 0 saturated heterocycles. The van der Waals surface area contributed by atoms with Crippen molar-refractivity contribution in [3.05, 3.63) is 66.0 Å². The highest BCUT2D eigenvalue weighted by Gasteiger charge is 2.04. The van der Waals surface area contributed by atoms with Crippen LogP contribution < -0.4 is 5.43 Å². The van der Waals surface area contributed by atoms with Crippen LogP contribution in [0.25, 0.3) is 0 Å². The first-order valence-corrected chi connectivity index (χ1v) is 7.08. The fraction of sp³-hybridized carbons (Fsp3) is 0.188. The second-order valence-electron chi connectivity index (χ2n) is 4.67. The Hall–Kier alpha value is -2.27. The largest absolute Gasteiger partial charge is 0.347 e. The lowest BCUT2D eigenvalue weighted by molar-refractivity contribution is 0.491. The number of hydrogen-bond acceptors (Lipinski definition) is 3. The summed E-state index contributed by atoms with van der Waals surface area (Å²) in [5.41, 5.74) is 5.74. The van der Waals surface area contributed by atoms with Crippen molar-refractivity contribution in [2.24, 2.45) is 5.10 Å². The lowest BCUT2D eigenvalue weighted by atomic mass is 10.2. The summed E-state index contributed by atoms with van der Waals surface area (Å²) in [4.78, 5) is 6.19. The van der Waals surface area contributed by atoms with Crippen LogP contribution in [0.4, 0.5) is 0 Å². The van der Waals surface area contributed by atoms with Gasteiger partial charge in [-0.05, 0) is 36.8 Å². The van der Waals surface area contributed by atoms with E-state index < -0.39 is 0 Å². The molecule has 0 saturated carbocycles. The Morgan fingerprint density at radius 1 is 1.19 bits per heavy atom. The first-order chi connectivity index (χ1) is 10.2. The number of rotatable bonds is 4. The van der Waals surface area contributed by atoms with E-state index in [1.54, 1.807) is 6.20 Å². The Morgan fingerprint density at radius 2 is 1.90 bits per heavy atom. The number of nitrogens with one attached hydrogen (secondary N) is 1. The Bertz CT molecular complexity index is 611. The van der Waals surface area contributed by atoms with Crippen molar-refractivity contribution in [3.63, 3.8) is 0 Å². The second-order valence-corrected chi connectivity index (χ2v) is 5.06. The van der Waals surface area contributed by atoms with E-state index in [1.807, 2.05) is 55.3 Å². The normalized spacial score (nSPS) is 11.0. The average molecular weight is 298 g/mol. The van der Waals surface area contributed by atoms with Crippen molar-refractivity contribution in [3.8, 4) is 0 Å². The molecule has 0 radical (unpaired) electrons. The summed E-state index contributed by atoms with van der Waals surface area (Å²) in [6.45, 7) is 2.64. The summed E-state index contributed by atoms with van der Waals surface area (Å²) in [5.74, 6) is 0. The fourth-order valence-electron chi connectivity index (χ4n) is 1.78. The average Bonchev–Trinajstić information content (AvgIpc) is 2.54. The van der Waals surface area contributed by atoms with Crippen molar-refractivity contribution in [2.75, 3.05) is 7.05 Å². The van der Waals surface area contributed by atoms with Crippen LogP contribution in [-0.4, -0.2) is 27.8 Å². The Kier molecular flexibility index (Phi) is 5.40. The number of thiocarbonyl (C=S) groups is 1. The van der Waals surface area contributed by atoms with E-state index in [4.69, 9.17) is 12.2 Å². The van der Waals surface area contributed by atoms with Gasteiger partial charge in [-0.2, -0.15) is 5.10 Å². The third-order valence-electron chi connectivity index (χ3n) is 2.96. The molecule has 1 aromatic heterocycles. The van der Waals surface area contributed by atoms with E-state index in [2.05, 4.69) is 27.6 Å². The summed E-state index contributed by atoms with van der Waals surface area (Å²) >= 11 is 5.33. The molecule has 0 unspecified atom stereocenters. The molecule has 5 heteroatoms. The molecule has 0 bridgehead atoms. The first-order valence-electron chi connectivity index (χ1n) is 6.67. The molecule has 108 valence electrons. The molecule has 21 heavy (non-hydrogen) atoms. The maximum atomic E-state index is 5.33. The van der Waals surface area contributed by atoms with Gasteiger partial charge in [0.25, 0.3) is 0 Å². The minimum atomic E-state index is 0.578. The number of nitrogens with zero attached hydrogens (tertiary/aromatic N) is 3. The highest BCUT2D eigenvalue weighted by molar-refractivity contribution is 7.80. The summed E-state index contributed by atoms with van der Waals surface area (Å²) in [7, 11) is 1.94. The lowest BCUT2D eigenvalue weighted by Crippen LogP contribution is -2.34. The van der Waals surface area contributed by atoms with E-state index in [0.717, 1.165) is 18.0 Å². The Morgan fingerprint density at radius 3 is 2.57 bits per heavy atom. The van der Waals surface area contributed by atoms with E-state index in [-0.39, 0.29) is 0 Å². The lowest BCUT2D eigenvalue weighted by Gasteiger charge is -2.19. The Labute approximate surface area is 130 Å². The van der Waals surface area contributed by atoms with Gasteiger partial charge >= 0.3 is 0 Å². The van der Waals surface area contributed by atoms with Gasteiger partial charge in [0.2, 0.25) is 0 Å². The van der Waals surface area contributed by atoms with Crippen LogP contribution in [-0.2, 0) is 6.54 Å². The monoisotopic (exact) mass is 298 g/mol. The molecule has 2 aromatic rings. The topological polar surface area (TPSA) is 40.5 Å². The predicted molar refractivity (Wildman–Crippen MR) is 90.1 cm³/mol. The quantitative estimate of drug-likeness (QED) is 0.535. The van der Waals surface area contributed by atoms with E-state index in [0.29, 0.717) is 5.11 Å². The molecule has 4 nitrogen and oxygen atoms in total. The standard InChI is InChI=1S/C16H18N4S/c1-13(15-10-6-7-11-17-15)18-19-16(21)20(2)12-14-8-4-3-5-9-14/h3-11H,12H2,1-2H3,(H,19,21)/b18-13-. The molecule has 0 aliphatic carbocycles. The van der Waals surface area contributed by atoms with Gasteiger partial charge in [-0.1, -0.05) is 36.4 Å². The van der Waals surface area contributed by atoms with Crippen LogP contribution in [0.2, 0.25) is 0 Å². The van der Waals surface area contributed by atoms with E-state index in [9.17, 15) is 0 Å². The van der Waals surface area contributed by atoms with Crippen LogP contribution in [0.1, 0.15) is 18.2 Å². The molecule has 1 N–H and O–H groups in total. The van der Waals surface area contributed by atoms with Gasteiger partial charge in [0.05, 0.1) is 11.4 Å². The van der Waals surface area contributed by atoms with Gasteiger partial charge in [0.1, 0.15) is 0 Å². The van der Waals surface area contributed by atoms with Gasteiger partial charge < -0.3 is 4.90 Å². The molecule has 1 aromatic carbocycles. The SMILES string of the molecule is C/C(=N/NC(=S)N(C)Cc1ccccc1)c1ccccn1. The summed E-state index contributed by atoms with van der Waals surface area (Å²) in [6.07, 6.45) is 1.74. The van der Waals surface area contributed by atoms with Crippen molar-refractivity contribution >= 4 is 23.0 Å².